The summed E-state index contributed by atoms with van der Waals surface area (Å²) in [5.74, 6) is 1.16. The van der Waals surface area contributed by atoms with Crippen LogP contribution in [0.1, 0.15) is 42.3 Å². The molecule has 0 bridgehead atoms. The van der Waals surface area contributed by atoms with E-state index in [1.54, 1.807) is 0 Å². The third-order valence-corrected chi connectivity index (χ3v) is 2.86. The molecule has 0 amide bonds. The number of aryl methyl sites for hydroxylation is 1. The SMILES string of the molecule is Cc1nc(C2CCC2)c(CN)c(=O)[nH]1. The number of aromatic amines is 1. The Balaban J connectivity index is 2.49. The van der Waals surface area contributed by atoms with Crippen LogP contribution in [-0.4, -0.2) is 9.97 Å². The van der Waals surface area contributed by atoms with Gasteiger partial charge in [-0.3, -0.25) is 4.79 Å². The van der Waals surface area contributed by atoms with Crippen molar-refractivity contribution in [1.82, 2.24) is 9.97 Å². The second-order valence-electron chi connectivity index (χ2n) is 3.85. The molecule has 14 heavy (non-hydrogen) atoms. The third kappa shape index (κ3) is 1.46. The van der Waals surface area contributed by atoms with Gasteiger partial charge in [0.15, 0.2) is 0 Å². The van der Waals surface area contributed by atoms with Crippen LogP contribution in [0.15, 0.2) is 4.79 Å². The van der Waals surface area contributed by atoms with Crippen molar-refractivity contribution in [3.63, 3.8) is 0 Å². The van der Waals surface area contributed by atoms with Crippen molar-refractivity contribution in [1.29, 1.82) is 0 Å². The maximum atomic E-state index is 11.6. The van der Waals surface area contributed by atoms with E-state index in [4.69, 9.17) is 5.73 Å². The molecule has 76 valence electrons. The quantitative estimate of drug-likeness (QED) is 0.730. The van der Waals surface area contributed by atoms with Crippen LogP contribution in [0.25, 0.3) is 0 Å². The van der Waals surface area contributed by atoms with Gasteiger partial charge in [0, 0.05) is 12.5 Å². The molecule has 3 N–H and O–H groups in total. The van der Waals surface area contributed by atoms with Gasteiger partial charge in [0.05, 0.1) is 11.3 Å². The van der Waals surface area contributed by atoms with Gasteiger partial charge < -0.3 is 10.7 Å². The normalized spacial score (nSPS) is 16.7. The highest BCUT2D eigenvalue weighted by Crippen LogP contribution is 2.35. The van der Waals surface area contributed by atoms with Crippen LogP contribution >= 0.6 is 0 Å². The summed E-state index contributed by atoms with van der Waals surface area (Å²) in [5.41, 5.74) is 7.09. The zero-order chi connectivity index (χ0) is 10.1. The fourth-order valence-corrected chi connectivity index (χ4v) is 1.85. The second kappa shape index (κ2) is 3.53. The molecule has 1 saturated carbocycles. The molecule has 1 aliphatic rings. The van der Waals surface area contributed by atoms with E-state index in [2.05, 4.69) is 9.97 Å². The average Bonchev–Trinajstić information content (AvgIpc) is 1.99. The third-order valence-electron chi connectivity index (χ3n) is 2.86. The minimum atomic E-state index is -0.0677. The van der Waals surface area contributed by atoms with Crippen LogP contribution in [0.3, 0.4) is 0 Å². The molecule has 4 heteroatoms. The maximum absolute atomic E-state index is 11.6. The lowest BCUT2D eigenvalue weighted by atomic mass is 9.81. The van der Waals surface area contributed by atoms with Crippen molar-refractivity contribution in [2.75, 3.05) is 0 Å². The van der Waals surface area contributed by atoms with Crippen molar-refractivity contribution < 1.29 is 0 Å². The van der Waals surface area contributed by atoms with E-state index in [9.17, 15) is 4.79 Å². The number of nitrogens with zero attached hydrogens (tertiary/aromatic N) is 1. The van der Waals surface area contributed by atoms with Gasteiger partial charge in [0.1, 0.15) is 5.82 Å². The Kier molecular flexibility index (Phi) is 2.37. The molecular weight excluding hydrogens is 178 g/mol. The minimum Gasteiger partial charge on any atom is -0.326 e. The number of aromatic nitrogens is 2. The van der Waals surface area contributed by atoms with E-state index >= 15 is 0 Å². The number of hydrogen-bond donors (Lipinski definition) is 2. The average molecular weight is 193 g/mol. The predicted octanol–water partition coefficient (Wildman–Crippen LogP) is 0.805. The van der Waals surface area contributed by atoms with E-state index in [-0.39, 0.29) is 12.1 Å². The monoisotopic (exact) mass is 193 g/mol. The molecule has 4 nitrogen and oxygen atoms in total. The van der Waals surface area contributed by atoms with Crippen molar-refractivity contribution in [2.24, 2.45) is 5.73 Å². The summed E-state index contributed by atoms with van der Waals surface area (Å²) in [4.78, 5) is 18.6. The highest BCUT2D eigenvalue weighted by Gasteiger charge is 2.24. The molecule has 0 radical (unpaired) electrons. The van der Waals surface area contributed by atoms with Crippen LogP contribution in [0.5, 0.6) is 0 Å². The Bertz CT molecular complexity index is 393. The summed E-state index contributed by atoms with van der Waals surface area (Å²) in [5, 5.41) is 0. The van der Waals surface area contributed by atoms with E-state index in [0.29, 0.717) is 17.3 Å². The van der Waals surface area contributed by atoms with Crippen molar-refractivity contribution in [3.8, 4) is 0 Å². The number of rotatable bonds is 2. The lowest BCUT2D eigenvalue weighted by molar-refractivity contribution is 0.406. The number of nitrogens with one attached hydrogen (secondary N) is 1. The first-order chi connectivity index (χ1) is 6.72. The molecule has 0 spiro atoms. The van der Waals surface area contributed by atoms with Crippen LogP contribution in [0, 0.1) is 6.92 Å². The molecule has 1 aromatic heterocycles. The topological polar surface area (TPSA) is 71.8 Å². The van der Waals surface area contributed by atoms with E-state index in [0.717, 1.165) is 18.5 Å². The van der Waals surface area contributed by atoms with Crippen LogP contribution in [0.4, 0.5) is 0 Å². The van der Waals surface area contributed by atoms with Crippen LogP contribution in [-0.2, 0) is 6.54 Å². The van der Waals surface area contributed by atoms with Gasteiger partial charge in [-0.25, -0.2) is 4.98 Å². The Morgan fingerprint density at radius 1 is 1.57 bits per heavy atom. The summed E-state index contributed by atoms with van der Waals surface area (Å²) in [6.45, 7) is 2.10. The van der Waals surface area contributed by atoms with Crippen LogP contribution < -0.4 is 11.3 Å². The largest absolute Gasteiger partial charge is 0.326 e. The molecule has 0 aromatic carbocycles. The van der Waals surface area contributed by atoms with Crippen molar-refractivity contribution in [2.45, 2.75) is 38.6 Å². The first kappa shape index (κ1) is 9.40. The van der Waals surface area contributed by atoms with Gasteiger partial charge in [-0.2, -0.15) is 0 Å². The molecule has 0 saturated heterocycles. The van der Waals surface area contributed by atoms with Gasteiger partial charge in [-0.05, 0) is 19.8 Å². The Morgan fingerprint density at radius 2 is 2.29 bits per heavy atom. The fourth-order valence-electron chi connectivity index (χ4n) is 1.85. The number of H-pyrrole nitrogens is 1. The van der Waals surface area contributed by atoms with Gasteiger partial charge >= 0.3 is 0 Å². The van der Waals surface area contributed by atoms with Crippen molar-refractivity contribution in [3.05, 3.63) is 27.4 Å². The molecule has 0 aliphatic heterocycles. The Hall–Kier alpha value is -1.16. The molecule has 1 aromatic rings. The summed E-state index contributed by atoms with van der Waals surface area (Å²) >= 11 is 0. The lowest BCUT2D eigenvalue weighted by Crippen LogP contribution is -2.25. The molecular formula is C10H15N3O. The molecule has 0 atom stereocenters. The first-order valence-electron chi connectivity index (χ1n) is 5.02. The summed E-state index contributed by atoms with van der Waals surface area (Å²) in [7, 11) is 0. The highest BCUT2D eigenvalue weighted by atomic mass is 16.1. The van der Waals surface area contributed by atoms with Gasteiger partial charge in [-0.15, -0.1) is 0 Å². The zero-order valence-electron chi connectivity index (χ0n) is 8.34. The predicted molar refractivity (Wildman–Crippen MR) is 54.1 cm³/mol. The molecule has 1 heterocycles. The number of nitrogens with two attached hydrogens (primary N) is 1. The Morgan fingerprint density at radius 3 is 2.79 bits per heavy atom. The number of hydrogen-bond acceptors (Lipinski definition) is 3. The van der Waals surface area contributed by atoms with E-state index < -0.39 is 0 Å². The summed E-state index contributed by atoms with van der Waals surface area (Å²) < 4.78 is 0. The lowest BCUT2D eigenvalue weighted by Gasteiger charge is -2.26. The second-order valence-corrected chi connectivity index (χ2v) is 3.85. The highest BCUT2D eigenvalue weighted by molar-refractivity contribution is 5.23. The van der Waals surface area contributed by atoms with Gasteiger partial charge in [0.25, 0.3) is 5.56 Å². The van der Waals surface area contributed by atoms with E-state index in [1.807, 2.05) is 6.92 Å². The van der Waals surface area contributed by atoms with Gasteiger partial charge in [0.2, 0.25) is 0 Å². The zero-order valence-corrected chi connectivity index (χ0v) is 8.34. The molecule has 1 fully saturated rings. The van der Waals surface area contributed by atoms with Gasteiger partial charge in [-0.1, -0.05) is 6.42 Å². The Labute approximate surface area is 82.6 Å². The molecule has 1 aliphatic carbocycles. The minimum absolute atomic E-state index is 0.0677. The molecule has 2 rings (SSSR count). The standard InChI is InChI=1S/C10H15N3O/c1-6-12-9(7-3-2-4-7)8(5-11)10(14)13-6/h7H,2-5,11H2,1H3,(H,12,13,14). The van der Waals surface area contributed by atoms with Crippen molar-refractivity contribution >= 4 is 0 Å². The summed E-state index contributed by atoms with van der Waals surface area (Å²) in [6.07, 6.45) is 3.52. The molecule has 0 unspecified atom stereocenters. The fraction of sp³-hybridized carbons (Fsp3) is 0.600. The summed E-state index contributed by atoms with van der Waals surface area (Å²) in [6, 6.07) is 0. The smallest absolute Gasteiger partial charge is 0.255 e. The van der Waals surface area contributed by atoms with Crippen LogP contribution in [0.2, 0.25) is 0 Å². The first-order valence-corrected chi connectivity index (χ1v) is 5.02. The maximum Gasteiger partial charge on any atom is 0.255 e. The van der Waals surface area contributed by atoms with E-state index in [1.165, 1.54) is 6.42 Å².